The molecule has 2 aromatic rings. The van der Waals surface area contributed by atoms with E-state index >= 15 is 0 Å². The van der Waals surface area contributed by atoms with Gasteiger partial charge in [0.05, 0.1) is 11.9 Å². The van der Waals surface area contributed by atoms with Crippen molar-refractivity contribution < 1.29 is 13.2 Å². The number of rotatable bonds is 4. The Morgan fingerprint density at radius 2 is 1.92 bits per heavy atom. The van der Waals surface area contributed by atoms with Gasteiger partial charge in [-0.1, -0.05) is 17.7 Å². The SMILES string of the molecule is Cc1cc(C)c(-c2csc(NC(=O)C3CCCN3S(C)(=O)=O)n2)c(C)c1. The van der Waals surface area contributed by atoms with Gasteiger partial charge in [0.2, 0.25) is 15.9 Å². The molecule has 3 rings (SSSR count). The summed E-state index contributed by atoms with van der Waals surface area (Å²) in [5, 5.41) is 5.20. The number of amides is 1. The highest BCUT2D eigenvalue weighted by atomic mass is 32.2. The average molecular weight is 394 g/mol. The predicted molar refractivity (Wildman–Crippen MR) is 105 cm³/mol. The van der Waals surface area contributed by atoms with E-state index in [2.05, 4.69) is 43.2 Å². The maximum Gasteiger partial charge on any atom is 0.244 e. The van der Waals surface area contributed by atoms with Crippen molar-refractivity contribution in [1.29, 1.82) is 0 Å². The predicted octanol–water partition coefficient (Wildman–Crippen LogP) is 3.10. The van der Waals surface area contributed by atoms with Crippen molar-refractivity contribution in [2.24, 2.45) is 0 Å². The number of benzene rings is 1. The van der Waals surface area contributed by atoms with E-state index < -0.39 is 16.1 Å². The summed E-state index contributed by atoms with van der Waals surface area (Å²) in [6.45, 7) is 6.55. The Hall–Kier alpha value is -1.77. The van der Waals surface area contributed by atoms with Gasteiger partial charge in [0.15, 0.2) is 5.13 Å². The van der Waals surface area contributed by atoms with Crippen LogP contribution in [0.2, 0.25) is 0 Å². The van der Waals surface area contributed by atoms with Gasteiger partial charge in [-0.2, -0.15) is 4.31 Å². The van der Waals surface area contributed by atoms with Gasteiger partial charge in [0, 0.05) is 17.5 Å². The van der Waals surface area contributed by atoms with E-state index in [4.69, 9.17) is 0 Å². The van der Waals surface area contributed by atoms with Crippen LogP contribution in [0.4, 0.5) is 5.13 Å². The van der Waals surface area contributed by atoms with Crippen LogP contribution >= 0.6 is 11.3 Å². The van der Waals surface area contributed by atoms with Crippen molar-refractivity contribution in [3.8, 4) is 11.3 Å². The van der Waals surface area contributed by atoms with E-state index in [-0.39, 0.29) is 5.91 Å². The van der Waals surface area contributed by atoms with Crippen molar-refractivity contribution in [2.75, 3.05) is 18.1 Å². The van der Waals surface area contributed by atoms with Gasteiger partial charge in [0.25, 0.3) is 0 Å². The summed E-state index contributed by atoms with van der Waals surface area (Å²) in [6.07, 6.45) is 2.37. The van der Waals surface area contributed by atoms with Crippen molar-refractivity contribution >= 4 is 32.4 Å². The molecule has 2 heterocycles. The molecule has 0 saturated carbocycles. The fourth-order valence-corrected chi connectivity index (χ4v) is 5.45. The average Bonchev–Trinajstić information content (AvgIpc) is 3.14. The van der Waals surface area contributed by atoms with Gasteiger partial charge >= 0.3 is 0 Å². The molecule has 1 atom stereocenters. The Morgan fingerprint density at radius 1 is 1.27 bits per heavy atom. The van der Waals surface area contributed by atoms with E-state index in [9.17, 15) is 13.2 Å². The molecule has 1 N–H and O–H groups in total. The van der Waals surface area contributed by atoms with E-state index in [0.717, 1.165) is 28.6 Å². The van der Waals surface area contributed by atoms with Crippen LogP contribution in [0.1, 0.15) is 29.5 Å². The first kappa shape index (κ1) is 19.0. The number of carbonyl (C=O) groups is 1. The second-order valence-electron chi connectivity index (χ2n) is 6.83. The molecule has 1 saturated heterocycles. The molecule has 26 heavy (non-hydrogen) atoms. The monoisotopic (exact) mass is 393 g/mol. The maximum atomic E-state index is 12.5. The van der Waals surface area contributed by atoms with Gasteiger partial charge < -0.3 is 5.32 Å². The van der Waals surface area contributed by atoms with Crippen molar-refractivity contribution in [1.82, 2.24) is 9.29 Å². The fraction of sp³-hybridized carbons (Fsp3) is 0.444. The standard InChI is InChI=1S/C18H23N3O3S2/c1-11-8-12(2)16(13(3)9-11)14-10-25-18(19-14)20-17(22)15-6-5-7-21(15)26(4,23)24/h8-10,15H,5-7H2,1-4H3,(H,19,20,22). The Bertz CT molecular complexity index is 927. The van der Waals surface area contributed by atoms with E-state index in [1.807, 2.05) is 5.38 Å². The number of aryl methyl sites for hydroxylation is 3. The summed E-state index contributed by atoms with van der Waals surface area (Å²) in [4.78, 5) is 17.1. The summed E-state index contributed by atoms with van der Waals surface area (Å²) < 4.78 is 24.9. The lowest BCUT2D eigenvalue weighted by Gasteiger charge is -2.20. The topological polar surface area (TPSA) is 79.4 Å². The van der Waals surface area contributed by atoms with Crippen LogP contribution in [0.25, 0.3) is 11.3 Å². The molecular weight excluding hydrogens is 370 g/mol. The molecule has 6 nitrogen and oxygen atoms in total. The number of anilines is 1. The molecule has 1 aromatic heterocycles. The molecular formula is C18H23N3O3S2. The van der Waals surface area contributed by atoms with Crippen molar-refractivity contribution in [3.63, 3.8) is 0 Å². The summed E-state index contributed by atoms with van der Waals surface area (Å²) in [5.41, 5.74) is 5.39. The van der Waals surface area contributed by atoms with E-state index in [1.165, 1.54) is 21.2 Å². The number of nitrogens with zero attached hydrogens (tertiary/aromatic N) is 2. The first-order valence-electron chi connectivity index (χ1n) is 8.48. The molecule has 0 spiro atoms. The molecule has 1 aliphatic heterocycles. The highest BCUT2D eigenvalue weighted by Crippen LogP contribution is 2.31. The van der Waals surface area contributed by atoms with Crippen molar-refractivity contribution in [3.05, 3.63) is 34.2 Å². The molecule has 1 unspecified atom stereocenters. The second kappa shape index (κ2) is 7.09. The number of nitrogens with one attached hydrogen (secondary N) is 1. The lowest BCUT2D eigenvalue weighted by molar-refractivity contribution is -0.119. The van der Waals surface area contributed by atoms with E-state index in [1.54, 1.807) is 0 Å². The molecule has 8 heteroatoms. The van der Waals surface area contributed by atoms with Crippen molar-refractivity contribution in [2.45, 2.75) is 39.7 Å². The zero-order chi connectivity index (χ0) is 19.1. The lowest BCUT2D eigenvalue weighted by Crippen LogP contribution is -2.42. The van der Waals surface area contributed by atoms with Crippen LogP contribution in [0, 0.1) is 20.8 Å². The third-order valence-electron chi connectivity index (χ3n) is 4.60. The van der Waals surface area contributed by atoms with Gasteiger partial charge in [0.1, 0.15) is 6.04 Å². The molecule has 0 bridgehead atoms. The minimum absolute atomic E-state index is 0.314. The zero-order valence-electron chi connectivity index (χ0n) is 15.4. The van der Waals surface area contributed by atoms with Crippen LogP contribution < -0.4 is 5.32 Å². The minimum atomic E-state index is -3.39. The van der Waals surface area contributed by atoms with Crippen LogP contribution in [0.3, 0.4) is 0 Å². The van der Waals surface area contributed by atoms with Crippen LogP contribution in [0.15, 0.2) is 17.5 Å². The summed E-state index contributed by atoms with van der Waals surface area (Å²) in [5.74, 6) is -0.314. The van der Waals surface area contributed by atoms with Gasteiger partial charge in [-0.15, -0.1) is 11.3 Å². The fourth-order valence-electron chi connectivity index (χ4n) is 3.62. The summed E-state index contributed by atoms with van der Waals surface area (Å²) in [6, 6.07) is 3.57. The largest absolute Gasteiger partial charge is 0.301 e. The number of carbonyl (C=O) groups excluding carboxylic acids is 1. The first-order valence-corrected chi connectivity index (χ1v) is 11.2. The number of hydrogen-bond acceptors (Lipinski definition) is 5. The molecule has 1 aliphatic rings. The number of thiazole rings is 1. The maximum absolute atomic E-state index is 12.5. The number of aromatic nitrogens is 1. The van der Waals surface area contributed by atoms with Crippen LogP contribution in [-0.4, -0.2) is 42.5 Å². The van der Waals surface area contributed by atoms with Crippen LogP contribution in [0.5, 0.6) is 0 Å². The first-order chi connectivity index (χ1) is 12.2. The molecule has 1 aromatic carbocycles. The Morgan fingerprint density at radius 3 is 2.54 bits per heavy atom. The highest BCUT2D eigenvalue weighted by Gasteiger charge is 2.36. The molecule has 140 valence electrons. The zero-order valence-corrected chi connectivity index (χ0v) is 17.0. The quantitative estimate of drug-likeness (QED) is 0.866. The number of hydrogen-bond donors (Lipinski definition) is 1. The minimum Gasteiger partial charge on any atom is -0.301 e. The summed E-state index contributed by atoms with van der Waals surface area (Å²) in [7, 11) is -3.39. The Kier molecular flexibility index (Phi) is 5.18. The van der Waals surface area contributed by atoms with E-state index in [0.29, 0.717) is 24.5 Å². The third kappa shape index (κ3) is 3.82. The highest BCUT2D eigenvalue weighted by molar-refractivity contribution is 7.88. The van der Waals surface area contributed by atoms with Gasteiger partial charge in [-0.3, -0.25) is 4.79 Å². The van der Waals surface area contributed by atoms with Gasteiger partial charge in [-0.25, -0.2) is 13.4 Å². The smallest absolute Gasteiger partial charge is 0.244 e. The Labute approximate surface area is 158 Å². The lowest BCUT2D eigenvalue weighted by atomic mass is 9.98. The normalized spacial score (nSPS) is 18.2. The summed E-state index contributed by atoms with van der Waals surface area (Å²) >= 11 is 1.35. The van der Waals surface area contributed by atoms with Crippen LogP contribution in [-0.2, 0) is 14.8 Å². The molecule has 1 fully saturated rings. The molecule has 0 aliphatic carbocycles. The molecule has 0 radical (unpaired) electrons. The third-order valence-corrected chi connectivity index (χ3v) is 6.65. The number of sulfonamides is 1. The Balaban J connectivity index is 1.80. The second-order valence-corrected chi connectivity index (χ2v) is 9.63. The molecule has 1 amide bonds. The van der Waals surface area contributed by atoms with Gasteiger partial charge in [-0.05, 0) is 44.7 Å².